The Bertz CT molecular complexity index is 1440. The van der Waals surface area contributed by atoms with E-state index < -0.39 is 5.78 Å². The SMILES string of the molecule is CCONOC1=C(Nc2ccc(C#CCN3CCNCC3)cc2C)O/C(=C\c2c[nH]c3ncccc23)C1=O. The number of anilines is 1. The summed E-state index contributed by atoms with van der Waals surface area (Å²) in [6, 6.07) is 9.60. The zero-order chi connectivity index (χ0) is 26.3. The van der Waals surface area contributed by atoms with Crippen molar-refractivity contribution >= 4 is 28.6 Å². The van der Waals surface area contributed by atoms with Gasteiger partial charge in [0.05, 0.1) is 13.2 Å². The Labute approximate surface area is 221 Å². The van der Waals surface area contributed by atoms with Crippen molar-refractivity contribution in [3.63, 3.8) is 0 Å². The normalized spacial score (nSPS) is 17.0. The largest absolute Gasteiger partial charge is 0.433 e. The van der Waals surface area contributed by atoms with Gasteiger partial charge in [-0.25, -0.2) is 4.98 Å². The molecule has 0 spiro atoms. The van der Waals surface area contributed by atoms with Gasteiger partial charge in [-0.1, -0.05) is 11.8 Å². The molecule has 4 heterocycles. The van der Waals surface area contributed by atoms with Gasteiger partial charge >= 0.3 is 0 Å². The first kappa shape index (κ1) is 25.5. The lowest BCUT2D eigenvalue weighted by atomic mass is 10.1. The molecule has 2 aromatic heterocycles. The number of piperazine rings is 1. The number of aryl methyl sites for hydroxylation is 1. The molecule has 0 unspecified atom stereocenters. The fraction of sp³-hybridized carbons (Fsp3) is 0.286. The highest BCUT2D eigenvalue weighted by Crippen LogP contribution is 2.30. The summed E-state index contributed by atoms with van der Waals surface area (Å²) >= 11 is 0. The second kappa shape index (κ2) is 11.9. The maximum Gasteiger partial charge on any atom is 0.271 e. The molecular formula is C28H30N6O4. The van der Waals surface area contributed by atoms with Gasteiger partial charge in [0.1, 0.15) is 5.65 Å². The number of hydrogen-bond donors (Lipinski definition) is 4. The predicted molar refractivity (Wildman–Crippen MR) is 144 cm³/mol. The van der Waals surface area contributed by atoms with Crippen LogP contribution in [0.1, 0.15) is 23.6 Å². The Morgan fingerprint density at radius 1 is 1.26 bits per heavy atom. The maximum absolute atomic E-state index is 13.2. The van der Waals surface area contributed by atoms with Gasteiger partial charge in [-0.15, -0.1) is 0 Å². The number of carbonyl (C=O) groups is 1. The number of ketones is 1. The van der Waals surface area contributed by atoms with Gasteiger partial charge in [0.25, 0.3) is 11.5 Å². The number of fused-ring (bicyclic) bond motifs is 1. The summed E-state index contributed by atoms with van der Waals surface area (Å²) < 4.78 is 5.95. The van der Waals surface area contributed by atoms with Crippen LogP contribution in [0, 0.1) is 18.8 Å². The fourth-order valence-electron chi connectivity index (χ4n) is 4.18. The molecule has 5 rings (SSSR count). The average Bonchev–Trinajstić information content (AvgIpc) is 3.47. The van der Waals surface area contributed by atoms with Crippen LogP contribution >= 0.6 is 0 Å². The summed E-state index contributed by atoms with van der Waals surface area (Å²) in [5, 5.41) is 7.41. The van der Waals surface area contributed by atoms with Gasteiger partial charge in [0.2, 0.25) is 5.88 Å². The van der Waals surface area contributed by atoms with Crippen molar-refractivity contribution in [3.05, 3.63) is 76.8 Å². The van der Waals surface area contributed by atoms with Crippen molar-refractivity contribution in [2.24, 2.45) is 0 Å². The molecule has 0 bridgehead atoms. The Balaban J connectivity index is 1.34. The lowest BCUT2D eigenvalue weighted by Gasteiger charge is -2.24. The summed E-state index contributed by atoms with van der Waals surface area (Å²) in [7, 11) is 0. The number of nitrogens with zero attached hydrogens (tertiary/aromatic N) is 2. The third-order valence-corrected chi connectivity index (χ3v) is 6.18. The summed E-state index contributed by atoms with van der Waals surface area (Å²) in [4.78, 5) is 33.4. The molecule has 4 N–H and O–H groups in total. The van der Waals surface area contributed by atoms with Crippen LogP contribution in [0.25, 0.3) is 17.1 Å². The van der Waals surface area contributed by atoms with Crippen molar-refractivity contribution < 1.29 is 19.2 Å². The number of aromatic amines is 1. The molecule has 2 aliphatic heterocycles. The van der Waals surface area contributed by atoms with E-state index in [-0.39, 0.29) is 17.4 Å². The minimum atomic E-state index is -0.425. The molecule has 10 nitrogen and oxygen atoms in total. The van der Waals surface area contributed by atoms with Gasteiger partial charge in [-0.3, -0.25) is 14.5 Å². The molecule has 196 valence electrons. The van der Waals surface area contributed by atoms with Crippen molar-refractivity contribution in [2.45, 2.75) is 13.8 Å². The molecule has 2 aliphatic rings. The molecule has 1 fully saturated rings. The highest BCUT2D eigenvalue weighted by atomic mass is 16.9. The third-order valence-electron chi connectivity index (χ3n) is 6.18. The first-order chi connectivity index (χ1) is 18.6. The van der Waals surface area contributed by atoms with E-state index in [0.29, 0.717) is 6.61 Å². The van der Waals surface area contributed by atoms with E-state index in [0.717, 1.165) is 66.1 Å². The van der Waals surface area contributed by atoms with Crippen LogP contribution in [0.5, 0.6) is 0 Å². The molecule has 10 heteroatoms. The van der Waals surface area contributed by atoms with E-state index in [1.54, 1.807) is 25.4 Å². The molecule has 0 radical (unpaired) electrons. The lowest BCUT2D eigenvalue weighted by Crippen LogP contribution is -2.43. The van der Waals surface area contributed by atoms with Crippen LogP contribution < -0.4 is 16.3 Å². The molecule has 3 aromatic rings. The molecule has 0 atom stereocenters. The van der Waals surface area contributed by atoms with Gasteiger partial charge in [0.15, 0.2) is 5.76 Å². The quantitative estimate of drug-likeness (QED) is 0.156. The Morgan fingerprint density at radius 3 is 2.95 bits per heavy atom. The standard InChI is InChI=1S/C28H30N6O4/c1-3-36-33-38-26-25(35)24(17-21-18-31-27-22(21)7-4-10-30-27)37-28(26)32-23-9-8-20(16-19(23)2)6-5-13-34-14-11-29-12-15-34/h4,7-10,16-18,29,32-33H,3,11-15H2,1-2H3,(H,30,31)/b24-17-. The summed E-state index contributed by atoms with van der Waals surface area (Å²) in [5.41, 5.74) is 6.45. The van der Waals surface area contributed by atoms with Crippen LogP contribution in [-0.4, -0.2) is 60.0 Å². The monoisotopic (exact) mass is 514 g/mol. The summed E-state index contributed by atoms with van der Waals surface area (Å²) in [5.74, 6) is 6.31. The highest BCUT2D eigenvalue weighted by Gasteiger charge is 2.34. The Kier molecular flexibility index (Phi) is 8.01. The van der Waals surface area contributed by atoms with Crippen LogP contribution in [0.15, 0.2) is 60.1 Å². The fourth-order valence-corrected chi connectivity index (χ4v) is 4.18. The summed E-state index contributed by atoms with van der Waals surface area (Å²) in [6.07, 6.45) is 5.14. The number of benzene rings is 1. The second-order valence-electron chi connectivity index (χ2n) is 8.84. The van der Waals surface area contributed by atoms with Gasteiger partial charge in [0, 0.05) is 60.8 Å². The number of carbonyl (C=O) groups excluding carboxylic acids is 1. The molecular weight excluding hydrogens is 484 g/mol. The van der Waals surface area contributed by atoms with E-state index in [1.165, 1.54) is 0 Å². The lowest BCUT2D eigenvalue weighted by molar-refractivity contribution is -0.149. The topological polar surface area (TPSA) is 113 Å². The average molecular weight is 515 g/mol. The van der Waals surface area contributed by atoms with Gasteiger partial charge < -0.3 is 25.2 Å². The van der Waals surface area contributed by atoms with E-state index in [4.69, 9.17) is 14.4 Å². The smallest absolute Gasteiger partial charge is 0.271 e. The van der Waals surface area contributed by atoms with Crippen molar-refractivity contribution in [1.82, 2.24) is 25.8 Å². The van der Waals surface area contributed by atoms with Gasteiger partial charge in [-0.2, -0.15) is 0 Å². The zero-order valence-corrected chi connectivity index (χ0v) is 21.4. The van der Waals surface area contributed by atoms with E-state index >= 15 is 0 Å². The Hall–Kier alpha value is -4.14. The second-order valence-corrected chi connectivity index (χ2v) is 8.84. The van der Waals surface area contributed by atoms with E-state index in [1.807, 2.05) is 37.3 Å². The molecule has 0 aliphatic carbocycles. The molecule has 0 saturated carbocycles. The highest BCUT2D eigenvalue weighted by molar-refractivity contribution is 6.11. The number of Topliss-reactive ketones (excluding diaryl/α,β-unsaturated/α-hetero) is 1. The van der Waals surface area contributed by atoms with Crippen LogP contribution in [-0.2, 0) is 19.2 Å². The van der Waals surface area contributed by atoms with Crippen LogP contribution in [0.3, 0.4) is 0 Å². The van der Waals surface area contributed by atoms with E-state index in [2.05, 4.69) is 43.0 Å². The zero-order valence-electron chi connectivity index (χ0n) is 21.4. The van der Waals surface area contributed by atoms with Crippen molar-refractivity contribution in [1.29, 1.82) is 0 Å². The molecule has 1 aromatic carbocycles. The maximum atomic E-state index is 13.2. The van der Waals surface area contributed by atoms with Crippen LogP contribution in [0.4, 0.5) is 5.69 Å². The minimum Gasteiger partial charge on any atom is -0.433 e. The first-order valence-corrected chi connectivity index (χ1v) is 12.6. The first-order valence-electron chi connectivity index (χ1n) is 12.6. The summed E-state index contributed by atoms with van der Waals surface area (Å²) in [6.45, 7) is 8.90. The number of rotatable bonds is 8. The molecule has 38 heavy (non-hydrogen) atoms. The molecule has 1 saturated heterocycles. The molecule has 0 amide bonds. The number of pyridine rings is 1. The Morgan fingerprint density at radius 2 is 2.13 bits per heavy atom. The number of ether oxygens (including phenoxy) is 1. The number of hydrogen-bond acceptors (Lipinski definition) is 9. The predicted octanol–water partition coefficient (Wildman–Crippen LogP) is 2.82. The third kappa shape index (κ3) is 5.88. The van der Waals surface area contributed by atoms with Crippen LogP contribution in [0.2, 0.25) is 0 Å². The number of H-pyrrole nitrogens is 1. The van der Waals surface area contributed by atoms with Gasteiger partial charge in [-0.05, 0) is 61.5 Å². The van der Waals surface area contributed by atoms with Crippen molar-refractivity contribution in [3.8, 4) is 11.8 Å². The number of aromatic nitrogens is 2. The number of nitrogens with one attached hydrogen (secondary N) is 4. The van der Waals surface area contributed by atoms with E-state index in [9.17, 15) is 4.79 Å². The van der Waals surface area contributed by atoms with Crippen molar-refractivity contribution in [2.75, 3.05) is 44.6 Å². The minimum absolute atomic E-state index is 0.0399.